The summed E-state index contributed by atoms with van der Waals surface area (Å²) in [6.45, 7) is 4.12. The monoisotopic (exact) mass is 180 g/mol. The minimum Gasteiger partial charge on any atom is -0.390 e. The summed E-state index contributed by atoms with van der Waals surface area (Å²) in [6.07, 6.45) is 6.01. The van der Waals surface area contributed by atoms with Crippen LogP contribution in [0.15, 0.2) is 0 Å². The second kappa shape index (κ2) is 4.67. The van der Waals surface area contributed by atoms with Gasteiger partial charge >= 0.3 is 0 Å². The van der Waals surface area contributed by atoms with Crippen molar-refractivity contribution >= 4 is 0 Å². The van der Waals surface area contributed by atoms with Gasteiger partial charge in [-0.15, -0.1) is 11.8 Å². The van der Waals surface area contributed by atoms with E-state index in [1.165, 1.54) is 12.8 Å². The highest BCUT2D eigenvalue weighted by Crippen LogP contribution is 2.34. The largest absolute Gasteiger partial charge is 0.390 e. The molecule has 1 aliphatic rings. The fourth-order valence-corrected chi connectivity index (χ4v) is 1.97. The van der Waals surface area contributed by atoms with Crippen LogP contribution in [0.5, 0.6) is 0 Å². The predicted octanol–water partition coefficient (Wildman–Crippen LogP) is 2.73. The lowest BCUT2D eigenvalue weighted by atomic mass is 9.77. The van der Waals surface area contributed by atoms with Gasteiger partial charge in [-0.3, -0.25) is 0 Å². The van der Waals surface area contributed by atoms with E-state index in [1.807, 2.05) is 6.92 Å². The second-order valence-electron chi connectivity index (χ2n) is 4.33. The average Bonchev–Trinajstić information content (AvgIpc) is 2.12. The third-order valence-electron chi connectivity index (χ3n) is 3.10. The van der Waals surface area contributed by atoms with E-state index in [0.29, 0.717) is 0 Å². The molecule has 0 aromatic carbocycles. The van der Waals surface area contributed by atoms with Crippen molar-refractivity contribution in [1.82, 2.24) is 0 Å². The van der Waals surface area contributed by atoms with Crippen LogP contribution in [0.2, 0.25) is 0 Å². The van der Waals surface area contributed by atoms with Crippen molar-refractivity contribution < 1.29 is 5.11 Å². The van der Waals surface area contributed by atoms with Crippen LogP contribution < -0.4 is 0 Å². The van der Waals surface area contributed by atoms with Crippen LogP contribution in [0.1, 0.15) is 52.4 Å². The summed E-state index contributed by atoms with van der Waals surface area (Å²) < 4.78 is 0. The highest BCUT2D eigenvalue weighted by atomic mass is 16.3. The zero-order chi connectivity index (χ0) is 9.73. The molecule has 13 heavy (non-hydrogen) atoms. The van der Waals surface area contributed by atoms with Gasteiger partial charge in [-0.05, 0) is 44.9 Å². The van der Waals surface area contributed by atoms with Gasteiger partial charge in [0, 0.05) is 6.42 Å². The molecule has 74 valence electrons. The summed E-state index contributed by atoms with van der Waals surface area (Å²) in [5.41, 5.74) is -0.392. The molecule has 1 heteroatoms. The first kappa shape index (κ1) is 10.6. The SMILES string of the molecule is CC#CCCC1(O)CCC(C)CC1. The Bertz CT molecular complexity index is 201. The molecule has 0 aromatic heterocycles. The number of rotatable bonds is 2. The van der Waals surface area contributed by atoms with E-state index in [0.717, 1.165) is 31.6 Å². The normalized spacial score (nSPS) is 33.6. The maximum Gasteiger partial charge on any atom is 0.0657 e. The van der Waals surface area contributed by atoms with E-state index >= 15 is 0 Å². The highest BCUT2D eigenvalue weighted by Gasteiger charge is 2.30. The first-order valence-corrected chi connectivity index (χ1v) is 5.28. The van der Waals surface area contributed by atoms with Crippen LogP contribution in [0.3, 0.4) is 0 Å². The third-order valence-corrected chi connectivity index (χ3v) is 3.10. The van der Waals surface area contributed by atoms with E-state index in [9.17, 15) is 5.11 Å². The summed E-state index contributed by atoms with van der Waals surface area (Å²) in [4.78, 5) is 0. The van der Waals surface area contributed by atoms with Crippen LogP contribution in [0, 0.1) is 17.8 Å². The Hall–Kier alpha value is -0.480. The van der Waals surface area contributed by atoms with Gasteiger partial charge in [-0.25, -0.2) is 0 Å². The first-order chi connectivity index (χ1) is 6.16. The van der Waals surface area contributed by atoms with Gasteiger partial charge in [0.15, 0.2) is 0 Å². The molecule has 0 bridgehead atoms. The lowest BCUT2D eigenvalue weighted by molar-refractivity contribution is -0.0132. The maximum atomic E-state index is 10.1. The van der Waals surface area contributed by atoms with Gasteiger partial charge in [-0.2, -0.15) is 0 Å². The van der Waals surface area contributed by atoms with Gasteiger partial charge in [0.2, 0.25) is 0 Å². The van der Waals surface area contributed by atoms with Crippen molar-refractivity contribution in [1.29, 1.82) is 0 Å². The highest BCUT2D eigenvalue weighted by molar-refractivity contribution is 4.97. The van der Waals surface area contributed by atoms with Crippen LogP contribution in [0.4, 0.5) is 0 Å². The molecule has 0 radical (unpaired) electrons. The zero-order valence-electron chi connectivity index (χ0n) is 8.77. The van der Waals surface area contributed by atoms with Crippen LogP contribution in [-0.4, -0.2) is 10.7 Å². The zero-order valence-corrected chi connectivity index (χ0v) is 8.77. The van der Waals surface area contributed by atoms with Crippen molar-refractivity contribution in [2.45, 2.75) is 58.0 Å². The Kier molecular flexibility index (Phi) is 3.81. The Balaban J connectivity index is 2.32. The molecular weight excluding hydrogens is 160 g/mol. The van der Waals surface area contributed by atoms with Gasteiger partial charge in [0.05, 0.1) is 5.60 Å². The summed E-state index contributed by atoms with van der Waals surface area (Å²) in [5.74, 6) is 6.70. The Labute approximate surface area is 81.5 Å². The molecule has 1 rings (SSSR count). The summed E-state index contributed by atoms with van der Waals surface area (Å²) >= 11 is 0. The van der Waals surface area contributed by atoms with E-state index in [-0.39, 0.29) is 0 Å². The van der Waals surface area contributed by atoms with E-state index in [2.05, 4.69) is 18.8 Å². The van der Waals surface area contributed by atoms with Gasteiger partial charge < -0.3 is 5.11 Å². The lowest BCUT2D eigenvalue weighted by Gasteiger charge is -2.34. The topological polar surface area (TPSA) is 20.2 Å². The Morgan fingerprint density at radius 2 is 2.00 bits per heavy atom. The molecule has 1 N–H and O–H groups in total. The first-order valence-electron chi connectivity index (χ1n) is 5.28. The lowest BCUT2D eigenvalue weighted by Crippen LogP contribution is -2.33. The van der Waals surface area contributed by atoms with Gasteiger partial charge in [0.25, 0.3) is 0 Å². The second-order valence-corrected chi connectivity index (χ2v) is 4.33. The number of aliphatic hydroxyl groups is 1. The van der Waals surface area contributed by atoms with E-state index in [4.69, 9.17) is 0 Å². The molecular formula is C12H20O. The van der Waals surface area contributed by atoms with Crippen LogP contribution in [0.25, 0.3) is 0 Å². The Morgan fingerprint density at radius 1 is 1.38 bits per heavy atom. The fraction of sp³-hybridized carbons (Fsp3) is 0.833. The quantitative estimate of drug-likeness (QED) is 0.648. The van der Waals surface area contributed by atoms with Crippen molar-refractivity contribution in [3.63, 3.8) is 0 Å². The summed E-state index contributed by atoms with van der Waals surface area (Å²) in [6, 6.07) is 0. The number of hydrogen-bond donors (Lipinski definition) is 1. The van der Waals surface area contributed by atoms with E-state index in [1.54, 1.807) is 0 Å². The van der Waals surface area contributed by atoms with Crippen molar-refractivity contribution in [2.75, 3.05) is 0 Å². The molecule has 0 heterocycles. The van der Waals surface area contributed by atoms with E-state index < -0.39 is 5.60 Å². The molecule has 1 fully saturated rings. The molecule has 0 amide bonds. The molecule has 1 nitrogen and oxygen atoms in total. The van der Waals surface area contributed by atoms with Crippen LogP contribution >= 0.6 is 0 Å². The predicted molar refractivity (Wildman–Crippen MR) is 55.3 cm³/mol. The smallest absolute Gasteiger partial charge is 0.0657 e. The summed E-state index contributed by atoms with van der Waals surface area (Å²) in [5, 5.41) is 10.1. The molecule has 0 unspecified atom stereocenters. The van der Waals surface area contributed by atoms with Gasteiger partial charge in [0.1, 0.15) is 0 Å². The number of hydrogen-bond acceptors (Lipinski definition) is 1. The van der Waals surface area contributed by atoms with Crippen molar-refractivity contribution in [3.8, 4) is 11.8 Å². The molecule has 0 saturated heterocycles. The van der Waals surface area contributed by atoms with Crippen LogP contribution in [-0.2, 0) is 0 Å². The minimum absolute atomic E-state index is 0.392. The Morgan fingerprint density at radius 3 is 2.54 bits per heavy atom. The summed E-state index contributed by atoms with van der Waals surface area (Å²) in [7, 11) is 0. The maximum absolute atomic E-state index is 10.1. The molecule has 1 saturated carbocycles. The molecule has 0 atom stereocenters. The minimum atomic E-state index is -0.392. The van der Waals surface area contributed by atoms with Crippen molar-refractivity contribution in [3.05, 3.63) is 0 Å². The fourth-order valence-electron chi connectivity index (χ4n) is 1.97. The third kappa shape index (κ3) is 3.40. The molecule has 0 aliphatic heterocycles. The molecule has 0 aromatic rings. The van der Waals surface area contributed by atoms with Gasteiger partial charge in [-0.1, -0.05) is 6.92 Å². The van der Waals surface area contributed by atoms with Crippen molar-refractivity contribution in [2.24, 2.45) is 5.92 Å². The average molecular weight is 180 g/mol. The molecule has 1 aliphatic carbocycles. The standard InChI is InChI=1S/C12H20O/c1-3-4-5-8-12(13)9-6-11(2)7-10-12/h11,13H,5-10H2,1-2H3. The molecule has 0 spiro atoms.